The molecular weight excluding hydrogens is 232 g/mol. The zero-order valence-electron chi connectivity index (χ0n) is 9.37. The summed E-state index contributed by atoms with van der Waals surface area (Å²) in [5, 5.41) is 12.7. The van der Waals surface area contributed by atoms with Crippen LogP contribution in [0.25, 0.3) is 0 Å². The molecule has 2 nitrogen and oxygen atoms in total. The van der Waals surface area contributed by atoms with Gasteiger partial charge in [0, 0.05) is 5.69 Å². The minimum Gasteiger partial charge on any atom is -0.354 e. The Balaban J connectivity index is 2.32. The van der Waals surface area contributed by atoms with Crippen molar-refractivity contribution >= 4 is 23.0 Å². The highest BCUT2D eigenvalue weighted by atomic mass is 35.5. The number of halogens is 1. The highest BCUT2D eigenvalue weighted by Gasteiger charge is 2.03. The largest absolute Gasteiger partial charge is 0.354 e. The average Bonchev–Trinajstić information content (AvgIpc) is 2.35. The van der Waals surface area contributed by atoms with Crippen LogP contribution in [0.2, 0.25) is 5.02 Å². The van der Waals surface area contributed by atoms with E-state index in [1.54, 1.807) is 12.1 Å². The molecule has 0 unspecified atom stereocenters. The molecule has 0 atom stereocenters. The van der Waals surface area contributed by atoms with Crippen LogP contribution >= 0.6 is 11.6 Å². The number of nitriles is 1. The van der Waals surface area contributed by atoms with E-state index in [-0.39, 0.29) is 0 Å². The molecular formula is C14H11ClN2. The van der Waals surface area contributed by atoms with Gasteiger partial charge in [-0.05, 0) is 36.8 Å². The van der Waals surface area contributed by atoms with Crippen LogP contribution in [0.15, 0.2) is 42.5 Å². The summed E-state index contributed by atoms with van der Waals surface area (Å²) in [6.45, 7) is 1.96. The number of anilines is 2. The highest BCUT2D eigenvalue weighted by Crippen LogP contribution is 2.28. The van der Waals surface area contributed by atoms with Crippen molar-refractivity contribution in [1.29, 1.82) is 5.26 Å². The second kappa shape index (κ2) is 4.90. The quantitative estimate of drug-likeness (QED) is 0.854. The third kappa shape index (κ3) is 2.58. The Morgan fingerprint density at radius 1 is 1.18 bits per heavy atom. The molecule has 17 heavy (non-hydrogen) atoms. The first-order chi connectivity index (χ1) is 8.20. The third-order valence-corrected chi connectivity index (χ3v) is 2.96. The minimum atomic E-state index is 0.624. The van der Waals surface area contributed by atoms with Crippen molar-refractivity contribution in [2.75, 3.05) is 5.32 Å². The van der Waals surface area contributed by atoms with E-state index in [4.69, 9.17) is 16.9 Å². The van der Waals surface area contributed by atoms with Crippen molar-refractivity contribution in [3.05, 3.63) is 58.6 Å². The summed E-state index contributed by atoms with van der Waals surface area (Å²) in [5.74, 6) is 0. The standard InChI is InChI=1S/C14H11ClN2/c1-10-4-2-7-13(14(10)15)17-12-6-3-5-11(8-12)9-16/h2-8,17H,1H3. The molecule has 3 heteroatoms. The summed E-state index contributed by atoms with van der Waals surface area (Å²) in [6.07, 6.45) is 0. The number of nitrogens with zero attached hydrogens (tertiary/aromatic N) is 1. The molecule has 2 rings (SSSR count). The zero-order valence-corrected chi connectivity index (χ0v) is 10.1. The Hall–Kier alpha value is -1.98. The van der Waals surface area contributed by atoms with Crippen LogP contribution in [-0.2, 0) is 0 Å². The van der Waals surface area contributed by atoms with Gasteiger partial charge in [0.25, 0.3) is 0 Å². The summed E-state index contributed by atoms with van der Waals surface area (Å²) < 4.78 is 0. The molecule has 1 N–H and O–H groups in total. The Kier molecular flexibility index (Phi) is 3.32. The first kappa shape index (κ1) is 11.5. The molecule has 84 valence electrons. The molecule has 0 amide bonds. The van der Waals surface area contributed by atoms with Gasteiger partial charge < -0.3 is 5.32 Å². The van der Waals surface area contributed by atoms with Crippen LogP contribution in [-0.4, -0.2) is 0 Å². The van der Waals surface area contributed by atoms with Gasteiger partial charge in [-0.1, -0.05) is 29.8 Å². The number of benzene rings is 2. The van der Waals surface area contributed by atoms with E-state index in [0.717, 1.165) is 16.9 Å². The van der Waals surface area contributed by atoms with Crippen LogP contribution in [0, 0.1) is 18.3 Å². The number of hydrogen-bond donors (Lipinski definition) is 1. The van der Waals surface area contributed by atoms with Crippen LogP contribution in [0.4, 0.5) is 11.4 Å². The topological polar surface area (TPSA) is 35.8 Å². The lowest BCUT2D eigenvalue weighted by Gasteiger charge is -2.10. The summed E-state index contributed by atoms with van der Waals surface area (Å²) in [7, 11) is 0. The molecule has 0 saturated heterocycles. The van der Waals surface area contributed by atoms with Gasteiger partial charge in [-0.15, -0.1) is 0 Å². The summed E-state index contributed by atoms with van der Waals surface area (Å²) in [6, 6.07) is 15.2. The molecule has 0 spiro atoms. The van der Waals surface area contributed by atoms with Crippen molar-refractivity contribution in [3.8, 4) is 6.07 Å². The first-order valence-electron chi connectivity index (χ1n) is 5.23. The van der Waals surface area contributed by atoms with E-state index in [9.17, 15) is 0 Å². The van der Waals surface area contributed by atoms with E-state index in [1.165, 1.54) is 0 Å². The molecule has 0 bridgehead atoms. The fourth-order valence-electron chi connectivity index (χ4n) is 1.57. The summed E-state index contributed by atoms with van der Waals surface area (Å²) in [5.41, 5.74) is 3.35. The molecule has 2 aromatic carbocycles. The predicted octanol–water partition coefficient (Wildman–Crippen LogP) is 4.26. The fraction of sp³-hybridized carbons (Fsp3) is 0.0714. The number of aryl methyl sites for hydroxylation is 1. The van der Waals surface area contributed by atoms with Crippen LogP contribution in [0.3, 0.4) is 0 Å². The van der Waals surface area contributed by atoms with Crippen LogP contribution in [0.1, 0.15) is 11.1 Å². The van der Waals surface area contributed by atoms with Crippen molar-refractivity contribution < 1.29 is 0 Å². The van der Waals surface area contributed by atoms with E-state index in [2.05, 4.69) is 11.4 Å². The molecule has 0 fully saturated rings. The molecule has 0 aromatic heterocycles. The van der Waals surface area contributed by atoms with Crippen molar-refractivity contribution in [1.82, 2.24) is 0 Å². The minimum absolute atomic E-state index is 0.624. The van der Waals surface area contributed by atoms with Crippen molar-refractivity contribution in [2.45, 2.75) is 6.92 Å². The zero-order chi connectivity index (χ0) is 12.3. The van der Waals surface area contributed by atoms with Gasteiger partial charge in [0.2, 0.25) is 0 Å². The van der Waals surface area contributed by atoms with Gasteiger partial charge >= 0.3 is 0 Å². The maximum absolute atomic E-state index is 8.82. The second-order valence-corrected chi connectivity index (χ2v) is 4.13. The van der Waals surface area contributed by atoms with Gasteiger partial charge in [0.1, 0.15) is 0 Å². The van der Waals surface area contributed by atoms with Crippen molar-refractivity contribution in [2.24, 2.45) is 0 Å². The second-order valence-electron chi connectivity index (χ2n) is 3.75. The normalized spacial score (nSPS) is 9.71. The molecule has 0 aliphatic rings. The third-order valence-electron chi connectivity index (χ3n) is 2.46. The summed E-state index contributed by atoms with van der Waals surface area (Å²) >= 11 is 6.19. The lowest BCUT2D eigenvalue weighted by molar-refractivity contribution is 1.44. The lowest BCUT2D eigenvalue weighted by Crippen LogP contribution is -1.92. The van der Waals surface area contributed by atoms with E-state index in [0.29, 0.717) is 10.6 Å². The Labute approximate surface area is 105 Å². The fourth-order valence-corrected chi connectivity index (χ4v) is 1.74. The number of nitrogens with one attached hydrogen (secondary N) is 1. The number of rotatable bonds is 2. The average molecular weight is 243 g/mol. The van der Waals surface area contributed by atoms with E-state index < -0.39 is 0 Å². The molecule has 0 saturated carbocycles. The summed E-state index contributed by atoms with van der Waals surface area (Å²) in [4.78, 5) is 0. The first-order valence-corrected chi connectivity index (χ1v) is 5.61. The van der Waals surface area contributed by atoms with Crippen LogP contribution in [0.5, 0.6) is 0 Å². The molecule has 0 heterocycles. The lowest BCUT2D eigenvalue weighted by atomic mass is 10.2. The Morgan fingerprint density at radius 3 is 2.71 bits per heavy atom. The maximum Gasteiger partial charge on any atom is 0.0992 e. The molecule has 0 aliphatic carbocycles. The Bertz CT molecular complexity index is 585. The monoisotopic (exact) mass is 242 g/mol. The predicted molar refractivity (Wildman–Crippen MR) is 70.6 cm³/mol. The van der Waals surface area contributed by atoms with Gasteiger partial charge in [-0.25, -0.2) is 0 Å². The molecule has 0 radical (unpaired) electrons. The molecule has 0 aliphatic heterocycles. The van der Waals surface area contributed by atoms with Gasteiger partial charge in [0.05, 0.1) is 22.3 Å². The van der Waals surface area contributed by atoms with E-state index >= 15 is 0 Å². The highest BCUT2D eigenvalue weighted by molar-refractivity contribution is 6.34. The van der Waals surface area contributed by atoms with E-state index in [1.807, 2.05) is 37.3 Å². The van der Waals surface area contributed by atoms with Crippen molar-refractivity contribution in [3.63, 3.8) is 0 Å². The van der Waals surface area contributed by atoms with Gasteiger partial charge in [-0.3, -0.25) is 0 Å². The smallest absolute Gasteiger partial charge is 0.0992 e. The maximum atomic E-state index is 8.82. The molecule has 2 aromatic rings. The SMILES string of the molecule is Cc1cccc(Nc2cccc(C#N)c2)c1Cl. The van der Waals surface area contributed by atoms with Crippen LogP contribution < -0.4 is 5.32 Å². The Morgan fingerprint density at radius 2 is 1.94 bits per heavy atom. The van der Waals surface area contributed by atoms with Gasteiger partial charge in [0.15, 0.2) is 0 Å². The van der Waals surface area contributed by atoms with Gasteiger partial charge in [-0.2, -0.15) is 5.26 Å². The number of hydrogen-bond acceptors (Lipinski definition) is 2.